The van der Waals surface area contributed by atoms with E-state index in [2.05, 4.69) is 0 Å². The summed E-state index contributed by atoms with van der Waals surface area (Å²) in [4.78, 5) is 14.6. The number of hydrogen-bond donors (Lipinski definition) is 0. The molecule has 0 N–H and O–H groups in total. The first-order valence-corrected chi connectivity index (χ1v) is 7.74. The molecule has 2 rings (SSSR count). The lowest BCUT2D eigenvalue weighted by molar-refractivity contribution is -0.145. The monoisotopic (exact) mass is 321 g/mol. The number of fused-ring (bicyclic) bond motifs is 1. The molecule has 2 heterocycles. The molecule has 1 amide bonds. The molecule has 0 aromatic carbocycles. The fourth-order valence-electron chi connectivity index (χ4n) is 2.29. The molecule has 1 aliphatic heterocycles. The van der Waals surface area contributed by atoms with Crippen LogP contribution in [0.4, 0.5) is 18.0 Å². The van der Waals surface area contributed by atoms with Crippen LogP contribution in [0.1, 0.15) is 35.1 Å². The van der Waals surface area contributed by atoms with Crippen LogP contribution in [0.3, 0.4) is 0 Å². The Morgan fingerprint density at radius 3 is 2.71 bits per heavy atom. The number of hydrogen-bond acceptors (Lipinski definition) is 3. The standard InChI is InChI=1S/C14H18F3NO2S/c1-3-20-13(19)18-6-4-10-8-12(9(2)14(15,16)17)21-11(10)5-7-18/h8-9H,3-7H2,1-2H3. The Morgan fingerprint density at radius 2 is 2.10 bits per heavy atom. The SMILES string of the molecule is CCOC(=O)N1CCc2cc(C(C)C(F)(F)F)sc2CC1. The lowest BCUT2D eigenvalue weighted by Gasteiger charge is -2.19. The maximum absolute atomic E-state index is 12.8. The number of halogens is 3. The lowest BCUT2D eigenvalue weighted by Crippen LogP contribution is -2.33. The van der Waals surface area contributed by atoms with Gasteiger partial charge in [-0.15, -0.1) is 11.3 Å². The van der Waals surface area contributed by atoms with Gasteiger partial charge in [-0.25, -0.2) is 4.79 Å². The third-order valence-corrected chi connectivity index (χ3v) is 5.04. The van der Waals surface area contributed by atoms with Gasteiger partial charge in [-0.05, 0) is 38.3 Å². The van der Waals surface area contributed by atoms with Gasteiger partial charge in [0.1, 0.15) is 0 Å². The van der Waals surface area contributed by atoms with E-state index in [-0.39, 0.29) is 6.09 Å². The number of amides is 1. The van der Waals surface area contributed by atoms with E-state index >= 15 is 0 Å². The topological polar surface area (TPSA) is 29.5 Å². The van der Waals surface area contributed by atoms with Crippen LogP contribution in [0, 0.1) is 0 Å². The fraction of sp³-hybridized carbons (Fsp3) is 0.643. The van der Waals surface area contributed by atoms with Gasteiger partial charge in [0.15, 0.2) is 0 Å². The van der Waals surface area contributed by atoms with Gasteiger partial charge in [-0.3, -0.25) is 0 Å². The second kappa shape index (κ2) is 6.25. The minimum atomic E-state index is -4.21. The molecule has 0 aliphatic carbocycles. The van der Waals surface area contributed by atoms with Crippen molar-refractivity contribution in [3.05, 3.63) is 21.4 Å². The van der Waals surface area contributed by atoms with Crippen molar-refractivity contribution in [3.63, 3.8) is 0 Å². The summed E-state index contributed by atoms with van der Waals surface area (Å²) in [5.74, 6) is -1.43. The van der Waals surface area contributed by atoms with Crippen molar-refractivity contribution in [1.82, 2.24) is 4.90 Å². The van der Waals surface area contributed by atoms with Crippen LogP contribution in [0.5, 0.6) is 0 Å². The molecule has 3 nitrogen and oxygen atoms in total. The van der Waals surface area contributed by atoms with Crippen LogP contribution in [0.2, 0.25) is 0 Å². The molecule has 21 heavy (non-hydrogen) atoms. The van der Waals surface area contributed by atoms with Gasteiger partial charge in [0.05, 0.1) is 12.5 Å². The highest BCUT2D eigenvalue weighted by molar-refractivity contribution is 7.12. The van der Waals surface area contributed by atoms with E-state index < -0.39 is 12.1 Å². The van der Waals surface area contributed by atoms with Crippen molar-refractivity contribution in [2.45, 2.75) is 38.8 Å². The molecule has 7 heteroatoms. The maximum Gasteiger partial charge on any atom is 0.409 e. The molecular weight excluding hydrogens is 303 g/mol. The summed E-state index contributed by atoms with van der Waals surface area (Å²) in [6.45, 7) is 4.24. The number of nitrogens with zero attached hydrogens (tertiary/aromatic N) is 1. The van der Waals surface area contributed by atoms with Crippen molar-refractivity contribution in [3.8, 4) is 0 Å². The third-order valence-electron chi connectivity index (χ3n) is 3.62. The van der Waals surface area contributed by atoms with Gasteiger partial charge in [0, 0.05) is 22.8 Å². The number of carbonyl (C=O) groups excluding carboxylic acids is 1. The summed E-state index contributed by atoms with van der Waals surface area (Å²) in [6.07, 6.45) is -3.39. The number of carbonyl (C=O) groups is 1. The van der Waals surface area contributed by atoms with E-state index in [1.165, 1.54) is 18.3 Å². The summed E-state index contributed by atoms with van der Waals surface area (Å²) in [7, 11) is 0. The molecule has 1 aromatic heterocycles. The molecule has 0 saturated carbocycles. The zero-order valence-electron chi connectivity index (χ0n) is 12.0. The Kier molecular flexibility index (Phi) is 4.81. The van der Waals surface area contributed by atoms with Crippen molar-refractivity contribution in [2.75, 3.05) is 19.7 Å². The number of alkyl halides is 3. The summed E-state index contributed by atoms with van der Waals surface area (Å²) in [6, 6.07) is 1.65. The molecule has 0 fully saturated rings. The Hall–Kier alpha value is -1.24. The van der Waals surface area contributed by atoms with Gasteiger partial charge < -0.3 is 9.64 Å². The molecule has 0 saturated heterocycles. The number of thiophene rings is 1. The number of ether oxygens (including phenoxy) is 1. The van der Waals surface area contributed by atoms with Gasteiger partial charge in [0.2, 0.25) is 0 Å². The first-order chi connectivity index (χ1) is 9.82. The smallest absolute Gasteiger partial charge is 0.409 e. The van der Waals surface area contributed by atoms with E-state index in [0.29, 0.717) is 37.4 Å². The first-order valence-electron chi connectivity index (χ1n) is 6.92. The first kappa shape index (κ1) is 16.1. The normalized spacial score (nSPS) is 17.1. The highest BCUT2D eigenvalue weighted by Crippen LogP contribution is 2.39. The van der Waals surface area contributed by atoms with E-state index in [1.54, 1.807) is 17.9 Å². The van der Waals surface area contributed by atoms with Gasteiger partial charge >= 0.3 is 12.3 Å². The van der Waals surface area contributed by atoms with Crippen LogP contribution < -0.4 is 0 Å². The number of rotatable bonds is 2. The predicted octanol–water partition coefficient (Wildman–Crippen LogP) is 3.97. The van der Waals surface area contributed by atoms with Crippen LogP contribution in [-0.2, 0) is 17.6 Å². The molecule has 0 radical (unpaired) electrons. The second-order valence-corrected chi connectivity index (χ2v) is 6.21. The van der Waals surface area contributed by atoms with Gasteiger partial charge in [-0.1, -0.05) is 0 Å². The Morgan fingerprint density at radius 1 is 1.43 bits per heavy atom. The Labute approximate surface area is 125 Å². The molecule has 1 aliphatic rings. The summed E-state index contributed by atoms with van der Waals surface area (Å²) < 4.78 is 43.3. The lowest BCUT2D eigenvalue weighted by atomic mass is 10.1. The van der Waals surface area contributed by atoms with Crippen molar-refractivity contribution in [1.29, 1.82) is 0 Å². The van der Waals surface area contributed by atoms with Gasteiger partial charge in [0.25, 0.3) is 0 Å². The van der Waals surface area contributed by atoms with Crippen molar-refractivity contribution >= 4 is 17.4 Å². The minimum Gasteiger partial charge on any atom is -0.450 e. The molecule has 0 spiro atoms. The largest absolute Gasteiger partial charge is 0.450 e. The van der Waals surface area contributed by atoms with Crippen LogP contribution in [-0.4, -0.2) is 36.9 Å². The molecule has 0 bridgehead atoms. The van der Waals surface area contributed by atoms with Gasteiger partial charge in [-0.2, -0.15) is 13.2 Å². The Bertz CT molecular complexity index is 487. The average Bonchev–Trinajstić information content (AvgIpc) is 2.70. The van der Waals surface area contributed by atoms with E-state index in [1.807, 2.05) is 0 Å². The van der Waals surface area contributed by atoms with E-state index in [4.69, 9.17) is 4.74 Å². The molecule has 1 atom stereocenters. The minimum absolute atomic E-state index is 0.324. The van der Waals surface area contributed by atoms with Crippen molar-refractivity contribution < 1.29 is 22.7 Å². The molecular formula is C14H18F3NO2S. The maximum atomic E-state index is 12.8. The molecule has 118 valence electrons. The van der Waals surface area contributed by atoms with Crippen LogP contribution in [0.25, 0.3) is 0 Å². The zero-order valence-corrected chi connectivity index (χ0v) is 12.8. The average molecular weight is 321 g/mol. The summed E-state index contributed by atoms with van der Waals surface area (Å²) >= 11 is 1.21. The highest BCUT2D eigenvalue weighted by Gasteiger charge is 2.38. The summed E-state index contributed by atoms with van der Waals surface area (Å²) in [5.41, 5.74) is 0.929. The van der Waals surface area contributed by atoms with Crippen LogP contribution in [0.15, 0.2) is 6.07 Å². The summed E-state index contributed by atoms with van der Waals surface area (Å²) in [5, 5.41) is 0. The molecule has 1 aromatic rings. The fourth-order valence-corrected chi connectivity index (χ4v) is 3.57. The highest BCUT2D eigenvalue weighted by atomic mass is 32.1. The van der Waals surface area contributed by atoms with E-state index in [9.17, 15) is 18.0 Å². The predicted molar refractivity (Wildman–Crippen MR) is 74.8 cm³/mol. The third kappa shape index (κ3) is 3.70. The second-order valence-electron chi connectivity index (χ2n) is 5.05. The molecule has 1 unspecified atom stereocenters. The van der Waals surface area contributed by atoms with Crippen LogP contribution >= 0.6 is 11.3 Å². The van der Waals surface area contributed by atoms with E-state index in [0.717, 1.165) is 10.4 Å². The Balaban J connectivity index is 2.08. The van der Waals surface area contributed by atoms with Crippen molar-refractivity contribution in [2.24, 2.45) is 0 Å². The quantitative estimate of drug-likeness (QED) is 0.825. The zero-order chi connectivity index (χ0) is 15.6.